The fourth-order valence-electron chi connectivity index (χ4n) is 3.35. The Morgan fingerprint density at radius 3 is 2.75 bits per heavy atom. The lowest BCUT2D eigenvalue weighted by atomic mass is 10.0. The fraction of sp³-hybridized carbons (Fsp3) is 0.286. The van der Waals surface area contributed by atoms with E-state index in [0.717, 1.165) is 36.0 Å². The summed E-state index contributed by atoms with van der Waals surface area (Å²) in [5.74, 6) is -0.556. The molecule has 6 nitrogen and oxygen atoms in total. The second-order valence-electron chi connectivity index (χ2n) is 6.71. The van der Waals surface area contributed by atoms with Gasteiger partial charge in [0.25, 0.3) is 5.91 Å². The Labute approximate surface area is 162 Å². The average Bonchev–Trinajstić information content (AvgIpc) is 3.20. The molecule has 0 aliphatic carbocycles. The van der Waals surface area contributed by atoms with Gasteiger partial charge < -0.3 is 10.1 Å². The van der Waals surface area contributed by atoms with E-state index in [1.807, 2.05) is 16.9 Å². The topological polar surface area (TPSA) is 69.0 Å². The van der Waals surface area contributed by atoms with Gasteiger partial charge in [0.2, 0.25) is 0 Å². The first-order valence-corrected chi connectivity index (χ1v) is 9.31. The van der Waals surface area contributed by atoms with Crippen LogP contribution < -0.4 is 5.32 Å². The lowest BCUT2D eigenvalue weighted by molar-refractivity contribution is -0.0393. The number of amides is 1. The lowest BCUT2D eigenvalue weighted by Gasteiger charge is -2.22. The minimum atomic E-state index is -0.300. The fourth-order valence-corrected chi connectivity index (χ4v) is 3.35. The summed E-state index contributed by atoms with van der Waals surface area (Å²) >= 11 is 0. The number of carbonyl (C=O) groups excluding carboxylic acids is 1. The number of pyridine rings is 1. The summed E-state index contributed by atoms with van der Waals surface area (Å²) in [6, 6.07) is 9.80. The van der Waals surface area contributed by atoms with Gasteiger partial charge >= 0.3 is 0 Å². The molecule has 28 heavy (non-hydrogen) atoms. The number of hydrogen-bond donors (Lipinski definition) is 1. The number of ether oxygens (including phenoxy) is 1. The van der Waals surface area contributed by atoms with Gasteiger partial charge in [0.1, 0.15) is 23.4 Å². The number of rotatable bonds is 4. The molecule has 1 aliphatic rings. The number of nitrogens with one attached hydrogen (secondary N) is 1. The molecule has 1 aliphatic heterocycles. The van der Waals surface area contributed by atoms with Gasteiger partial charge in [-0.15, -0.1) is 0 Å². The first-order valence-electron chi connectivity index (χ1n) is 9.31. The van der Waals surface area contributed by atoms with E-state index >= 15 is 0 Å². The van der Waals surface area contributed by atoms with Crippen molar-refractivity contribution in [3.63, 3.8) is 0 Å². The number of carbonyl (C=O) groups is 1. The Hall–Kier alpha value is -3.06. The van der Waals surface area contributed by atoms with E-state index in [9.17, 15) is 9.18 Å². The summed E-state index contributed by atoms with van der Waals surface area (Å²) in [6.07, 6.45) is 6.43. The van der Waals surface area contributed by atoms with E-state index in [0.29, 0.717) is 18.0 Å². The third-order valence-electron chi connectivity index (χ3n) is 4.83. The van der Waals surface area contributed by atoms with E-state index in [-0.39, 0.29) is 18.0 Å². The van der Waals surface area contributed by atoms with Crippen molar-refractivity contribution in [2.45, 2.75) is 25.5 Å². The molecule has 1 amide bonds. The Morgan fingerprint density at radius 1 is 1.21 bits per heavy atom. The Balaban J connectivity index is 1.81. The maximum Gasteiger partial charge on any atom is 0.269 e. The molecule has 3 aromatic rings. The lowest BCUT2D eigenvalue weighted by Crippen LogP contribution is -2.19. The van der Waals surface area contributed by atoms with Crippen LogP contribution in [0.3, 0.4) is 0 Å². The van der Waals surface area contributed by atoms with Crippen molar-refractivity contribution in [2.24, 2.45) is 0 Å². The molecular weight excluding hydrogens is 359 g/mol. The molecule has 0 saturated carbocycles. The highest BCUT2D eigenvalue weighted by Gasteiger charge is 2.21. The van der Waals surface area contributed by atoms with Crippen LogP contribution in [0, 0.1) is 5.82 Å². The van der Waals surface area contributed by atoms with E-state index in [4.69, 9.17) is 9.84 Å². The van der Waals surface area contributed by atoms with Crippen molar-refractivity contribution in [3.8, 4) is 22.4 Å². The van der Waals surface area contributed by atoms with Gasteiger partial charge in [0.15, 0.2) is 0 Å². The molecule has 1 unspecified atom stereocenters. The summed E-state index contributed by atoms with van der Waals surface area (Å²) in [5.41, 5.74) is 3.49. The van der Waals surface area contributed by atoms with Crippen molar-refractivity contribution >= 4 is 5.91 Å². The largest absolute Gasteiger partial charge is 0.357 e. The summed E-state index contributed by atoms with van der Waals surface area (Å²) in [4.78, 5) is 16.1. The van der Waals surface area contributed by atoms with Crippen LogP contribution in [-0.4, -0.2) is 34.3 Å². The molecule has 4 rings (SSSR count). The van der Waals surface area contributed by atoms with Crippen LogP contribution in [-0.2, 0) is 4.74 Å². The average molecular weight is 380 g/mol. The number of aromatic nitrogens is 3. The predicted molar refractivity (Wildman–Crippen MR) is 103 cm³/mol. The molecule has 7 heteroatoms. The molecule has 1 saturated heterocycles. The minimum Gasteiger partial charge on any atom is -0.357 e. The molecule has 1 N–H and O–H groups in total. The van der Waals surface area contributed by atoms with Crippen LogP contribution in [0.15, 0.2) is 48.8 Å². The van der Waals surface area contributed by atoms with Gasteiger partial charge in [-0.2, -0.15) is 5.10 Å². The molecule has 0 radical (unpaired) electrons. The number of nitrogens with zero attached hydrogens (tertiary/aromatic N) is 3. The number of hydrogen-bond acceptors (Lipinski definition) is 4. The van der Waals surface area contributed by atoms with Crippen molar-refractivity contribution in [3.05, 3.63) is 60.3 Å². The maximum absolute atomic E-state index is 13.4. The van der Waals surface area contributed by atoms with E-state index in [1.165, 1.54) is 12.1 Å². The van der Waals surface area contributed by atoms with Crippen molar-refractivity contribution < 1.29 is 13.9 Å². The zero-order valence-corrected chi connectivity index (χ0v) is 15.6. The van der Waals surface area contributed by atoms with Gasteiger partial charge in [0.05, 0.1) is 0 Å². The molecule has 2 aromatic heterocycles. The monoisotopic (exact) mass is 380 g/mol. The maximum atomic E-state index is 13.4. The smallest absolute Gasteiger partial charge is 0.269 e. The molecule has 3 heterocycles. The summed E-state index contributed by atoms with van der Waals surface area (Å²) in [6.45, 7) is 0.710. The highest BCUT2D eigenvalue weighted by molar-refractivity contribution is 5.94. The van der Waals surface area contributed by atoms with Crippen LogP contribution in [0.25, 0.3) is 22.4 Å². The van der Waals surface area contributed by atoms with Crippen LogP contribution >= 0.6 is 0 Å². The highest BCUT2D eigenvalue weighted by atomic mass is 19.1. The summed E-state index contributed by atoms with van der Waals surface area (Å²) in [7, 11) is 1.57. The minimum absolute atomic E-state index is 0.123. The van der Waals surface area contributed by atoms with Crippen molar-refractivity contribution in [1.29, 1.82) is 0 Å². The van der Waals surface area contributed by atoms with Gasteiger partial charge in [0, 0.05) is 37.2 Å². The third kappa shape index (κ3) is 3.66. The van der Waals surface area contributed by atoms with Crippen LogP contribution in [0.4, 0.5) is 4.39 Å². The van der Waals surface area contributed by atoms with Gasteiger partial charge in [-0.25, -0.2) is 9.07 Å². The summed E-state index contributed by atoms with van der Waals surface area (Å²) < 4.78 is 21.1. The third-order valence-corrected chi connectivity index (χ3v) is 4.83. The molecule has 144 valence electrons. The molecule has 0 spiro atoms. The summed E-state index contributed by atoms with van der Waals surface area (Å²) in [5, 5.41) is 7.34. The molecule has 1 atom stereocenters. The Kier molecular flexibility index (Phi) is 5.16. The zero-order valence-electron chi connectivity index (χ0n) is 15.6. The molecule has 1 aromatic carbocycles. The highest BCUT2D eigenvalue weighted by Crippen LogP contribution is 2.34. The van der Waals surface area contributed by atoms with Crippen LogP contribution in [0.1, 0.15) is 36.0 Å². The zero-order chi connectivity index (χ0) is 19.5. The van der Waals surface area contributed by atoms with Gasteiger partial charge in [-0.3, -0.25) is 9.78 Å². The molecular formula is C21H21FN4O2. The number of halogens is 1. The Bertz CT molecular complexity index is 978. The SMILES string of the molecule is CNC(=O)c1cc(-c2cn(C3CCCCO3)nc2-c2ccc(F)cc2)ccn1. The Morgan fingerprint density at radius 2 is 2.04 bits per heavy atom. The quantitative estimate of drug-likeness (QED) is 0.747. The van der Waals surface area contributed by atoms with E-state index in [2.05, 4.69) is 10.3 Å². The van der Waals surface area contributed by atoms with Crippen LogP contribution in [0.5, 0.6) is 0 Å². The second kappa shape index (κ2) is 7.90. The molecule has 0 bridgehead atoms. The standard InChI is InChI=1S/C21H21FN4O2/c1-23-21(27)18-12-15(9-10-24-18)17-13-26(19-4-2-3-11-28-19)25-20(17)14-5-7-16(22)8-6-14/h5-10,12-13,19H,2-4,11H2,1H3,(H,23,27). The van der Waals surface area contributed by atoms with Crippen LogP contribution in [0.2, 0.25) is 0 Å². The van der Waals surface area contributed by atoms with Crippen molar-refractivity contribution in [1.82, 2.24) is 20.1 Å². The van der Waals surface area contributed by atoms with Gasteiger partial charge in [-0.1, -0.05) is 0 Å². The second-order valence-corrected chi connectivity index (χ2v) is 6.71. The van der Waals surface area contributed by atoms with Crippen molar-refractivity contribution in [2.75, 3.05) is 13.7 Å². The first kappa shape index (κ1) is 18.3. The first-order chi connectivity index (χ1) is 13.7. The normalized spacial score (nSPS) is 16.7. The van der Waals surface area contributed by atoms with E-state index < -0.39 is 0 Å². The number of benzene rings is 1. The predicted octanol–water partition coefficient (Wildman–Crippen LogP) is 3.81. The van der Waals surface area contributed by atoms with Gasteiger partial charge in [-0.05, 0) is 61.2 Å². The molecule has 1 fully saturated rings. The van der Waals surface area contributed by atoms with E-state index in [1.54, 1.807) is 31.4 Å².